The summed E-state index contributed by atoms with van der Waals surface area (Å²) in [5.41, 5.74) is -0.674. The molecule has 88 valence electrons. The van der Waals surface area contributed by atoms with Crippen molar-refractivity contribution in [2.45, 2.75) is 12.8 Å². The lowest BCUT2D eigenvalue weighted by Gasteiger charge is -2.06. The Balaban J connectivity index is 3.05. The Morgan fingerprint density at radius 3 is 2.75 bits per heavy atom. The van der Waals surface area contributed by atoms with E-state index in [0.717, 1.165) is 7.11 Å². The highest BCUT2D eigenvalue weighted by Crippen LogP contribution is 2.25. The maximum atomic E-state index is 13.3. The molecule has 3 nitrogen and oxygen atoms in total. The third kappa shape index (κ3) is 3.06. The van der Waals surface area contributed by atoms with E-state index in [2.05, 4.69) is 9.72 Å². The predicted octanol–water partition coefficient (Wildman–Crippen LogP) is 2.48. The molecule has 0 N–H and O–H groups in total. The number of rotatable bonds is 3. The van der Waals surface area contributed by atoms with Crippen molar-refractivity contribution in [3.8, 4) is 0 Å². The minimum atomic E-state index is -2.79. The first kappa shape index (κ1) is 13.2. The van der Waals surface area contributed by atoms with Gasteiger partial charge in [0, 0.05) is 0 Å². The van der Waals surface area contributed by atoms with Gasteiger partial charge in [0.15, 0.2) is 0 Å². The monoisotopic (exact) mass is 345 g/mol. The molecule has 0 saturated heterocycles. The van der Waals surface area contributed by atoms with E-state index in [0.29, 0.717) is 6.07 Å². The molecule has 0 atom stereocenters. The summed E-state index contributed by atoms with van der Waals surface area (Å²) >= 11 is 1.57. The molecular weight excluding hydrogens is 338 g/mol. The average molecular weight is 345 g/mol. The van der Waals surface area contributed by atoms with Crippen LogP contribution < -0.4 is 0 Å². The number of alkyl halides is 2. The molecule has 0 aliphatic rings. The Labute approximate surface area is 103 Å². The van der Waals surface area contributed by atoms with Gasteiger partial charge in [-0.05, 0) is 28.7 Å². The van der Waals surface area contributed by atoms with Gasteiger partial charge >= 0.3 is 5.97 Å². The average Bonchev–Trinajstić information content (AvgIpc) is 2.22. The topological polar surface area (TPSA) is 39.2 Å². The number of aromatic nitrogens is 1. The number of nitrogens with zero attached hydrogens (tertiary/aromatic N) is 1. The normalized spacial score (nSPS) is 10.6. The van der Waals surface area contributed by atoms with E-state index in [9.17, 15) is 18.0 Å². The van der Waals surface area contributed by atoms with Crippen LogP contribution in [-0.4, -0.2) is 18.1 Å². The van der Waals surface area contributed by atoms with E-state index >= 15 is 0 Å². The summed E-state index contributed by atoms with van der Waals surface area (Å²) in [5, 5.41) is 0. The van der Waals surface area contributed by atoms with Crippen LogP contribution in [0, 0.1) is 9.52 Å². The number of carbonyl (C=O) groups is 1. The molecule has 1 aromatic heterocycles. The fourth-order valence-electron chi connectivity index (χ4n) is 1.00. The molecule has 7 heteroatoms. The van der Waals surface area contributed by atoms with Gasteiger partial charge in [-0.2, -0.15) is 0 Å². The highest BCUT2D eigenvalue weighted by molar-refractivity contribution is 14.1. The van der Waals surface area contributed by atoms with Crippen LogP contribution in [0.2, 0.25) is 0 Å². The molecule has 0 bridgehead atoms. The Hall–Kier alpha value is -0.860. The third-order valence-corrected chi connectivity index (χ3v) is 2.67. The molecule has 0 aromatic carbocycles. The number of esters is 1. The van der Waals surface area contributed by atoms with E-state index in [-0.39, 0.29) is 15.8 Å². The molecule has 0 aliphatic carbocycles. The van der Waals surface area contributed by atoms with Crippen LogP contribution in [0.25, 0.3) is 0 Å². The summed E-state index contributed by atoms with van der Waals surface area (Å²) in [4.78, 5) is 14.5. The van der Waals surface area contributed by atoms with Crippen LogP contribution in [-0.2, 0) is 16.0 Å². The van der Waals surface area contributed by atoms with Crippen LogP contribution >= 0.6 is 22.6 Å². The minimum Gasteiger partial charge on any atom is -0.469 e. The van der Waals surface area contributed by atoms with Crippen molar-refractivity contribution in [3.63, 3.8) is 0 Å². The molecular formula is C9H7F3INO2. The Morgan fingerprint density at radius 2 is 2.25 bits per heavy atom. The van der Waals surface area contributed by atoms with Crippen molar-refractivity contribution in [2.75, 3.05) is 7.11 Å². The summed E-state index contributed by atoms with van der Waals surface area (Å²) in [7, 11) is 1.15. The zero-order valence-electron chi connectivity index (χ0n) is 8.14. The molecule has 0 fully saturated rings. The Morgan fingerprint density at radius 1 is 1.62 bits per heavy atom. The van der Waals surface area contributed by atoms with Crippen LogP contribution in [0.4, 0.5) is 13.2 Å². The number of methoxy groups -OCH3 is 1. The quantitative estimate of drug-likeness (QED) is 0.480. The lowest BCUT2D eigenvalue weighted by atomic mass is 10.2. The highest BCUT2D eigenvalue weighted by Gasteiger charge is 2.18. The van der Waals surface area contributed by atoms with Gasteiger partial charge in [-0.1, -0.05) is 0 Å². The molecule has 1 rings (SSSR count). The fourth-order valence-corrected chi connectivity index (χ4v) is 1.68. The Bertz CT molecular complexity index is 412. The summed E-state index contributed by atoms with van der Waals surface area (Å²) in [6, 6.07) is 0.692. The van der Waals surface area contributed by atoms with Crippen molar-refractivity contribution < 1.29 is 22.7 Å². The largest absolute Gasteiger partial charge is 0.469 e. The van der Waals surface area contributed by atoms with E-state index in [4.69, 9.17) is 0 Å². The lowest BCUT2D eigenvalue weighted by molar-refractivity contribution is -0.139. The number of hydrogen-bond donors (Lipinski definition) is 0. The standard InChI is InChI=1S/C9H7F3INO2/c1-16-7(15)3-6-5(10)2-4(8(11)12)9(13)14-6/h2,8H,3H2,1H3. The second kappa shape index (κ2) is 5.46. The van der Waals surface area contributed by atoms with Crippen molar-refractivity contribution in [1.29, 1.82) is 0 Å². The van der Waals surface area contributed by atoms with Crippen LogP contribution in [0.15, 0.2) is 6.07 Å². The smallest absolute Gasteiger partial charge is 0.311 e. The molecule has 0 saturated carbocycles. The van der Waals surface area contributed by atoms with Gasteiger partial charge in [-0.25, -0.2) is 18.2 Å². The summed E-state index contributed by atoms with van der Waals surface area (Å²) < 4.78 is 42.3. The van der Waals surface area contributed by atoms with Crippen LogP contribution in [0.3, 0.4) is 0 Å². The first-order valence-corrected chi connectivity index (χ1v) is 5.23. The van der Waals surface area contributed by atoms with Crippen LogP contribution in [0.5, 0.6) is 0 Å². The number of hydrogen-bond acceptors (Lipinski definition) is 3. The summed E-state index contributed by atoms with van der Waals surface area (Å²) in [5.74, 6) is -1.60. The number of carbonyl (C=O) groups excluding carboxylic acids is 1. The van der Waals surface area contributed by atoms with E-state index < -0.39 is 23.8 Å². The van der Waals surface area contributed by atoms with E-state index in [1.807, 2.05) is 0 Å². The summed E-state index contributed by atoms with van der Waals surface area (Å²) in [6.07, 6.45) is -3.16. The molecule has 1 heterocycles. The van der Waals surface area contributed by atoms with Gasteiger partial charge in [0.1, 0.15) is 9.52 Å². The van der Waals surface area contributed by atoms with Crippen molar-refractivity contribution in [2.24, 2.45) is 0 Å². The Kier molecular flexibility index (Phi) is 4.51. The lowest BCUT2D eigenvalue weighted by Crippen LogP contribution is -2.10. The number of halogens is 4. The zero-order chi connectivity index (χ0) is 12.3. The van der Waals surface area contributed by atoms with Crippen molar-refractivity contribution in [3.05, 3.63) is 26.8 Å². The third-order valence-electron chi connectivity index (χ3n) is 1.80. The van der Waals surface area contributed by atoms with Gasteiger partial charge in [0.25, 0.3) is 6.43 Å². The summed E-state index contributed by atoms with van der Waals surface area (Å²) in [6.45, 7) is 0. The molecule has 0 spiro atoms. The van der Waals surface area contributed by atoms with E-state index in [1.165, 1.54) is 0 Å². The first-order valence-electron chi connectivity index (χ1n) is 4.15. The molecule has 0 amide bonds. The highest BCUT2D eigenvalue weighted by atomic mass is 127. The molecule has 0 unspecified atom stereocenters. The van der Waals surface area contributed by atoms with Gasteiger partial charge in [-0.15, -0.1) is 0 Å². The van der Waals surface area contributed by atoms with Crippen molar-refractivity contribution in [1.82, 2.24) is 4.98 Å². The maximum absolute atomic E-state index is 13.3. The fraction of sp³-hybridized carbons (Fsp3) is 0.333. The second-order valence-corrected chi connectivity index (χ2v) is 3.87. The number of pyridine rings is 1. The zero-order valence-corrected chi connectivity index (χ0v) is 10.3. The predicted molar refractivity (Wildman–Crippen MR) is 57.6 cm³/mol. The molecule has 0 aliphatic heterocycles. The van der Waals surface area contributed by atoms with Gasteiger partial charge in [0.05, 0.1) is 24.8 Å². The molecule has 16 heavy (non-hydrogen) atoms. The maximum Gasteiger partial charge on any atom is 0.311 e. The van der Waals surface area contributed by atoms with Gasteiger partial charge in [-0.3, -0.25) is 4.79 Å². The molecule has 1 aromatic rings. The van der Waals surface area contributed by atoms with Crippen LogP contribution in [0.1, 0.15) is 17.7 Å². The minimum absolute atomic E-state index is 0.0205. The first-order chi connectivity index (χ1) is 7.45. The SMILES string of the molecule is COC(=O)Cc1nc(I)c(C(F)F)cc1F. The number of ether oxygens (including phenoxy) is 1. The second-order valence-electron chi connectivity index (χ2n) is 2.85. The molecule has 0 radical (unpaired) electrons. The van der Waals surface area contributed by atoms with Gasteiger partial charge < -0.3 is 4.74 Å². The van der Waals surface area contributed by atoms with Crippen molar-refractivity contribution >= 4 is 28.6 Å². The van der Waals surface area contributed by atoms with Gasteiger partial charge in [0.2, 0.25) is 0 Å². The van der Waals surface area contributed by atoms with E-state index in [1.54, 1.807) is 22.6 Å².